The highest BCUT2D eigenvalue weighted by Crippen LogP contribution is 2.30. The van der Waals surface area contributed by atoms with Crippen LogP contribution in [0.3, 0.4) is 0 Å². The highest BCUT2D eigenvalue weighted by molar-refractivity contribution is 7.92. The largest absolute Gasteiger partial charge is 0.545 e. The van der Waals surface area contributed by atoms with Gasteiger partial charge in [0.25, 0.3) is 10.0 Å². The highest BCUT2D eigenvalue weighted by Gasteiger charge is 2.19. The molecular formula is C14H10ClFNO5S-. The number of rotatable bonds is 5. The Labute approximate surface area is 136 Å². The molecule has 0 radical (unpaired) electrons. The molecule has 23 heavy (non-hydrogen) atoms. The van der Waals surface area contributed by atoms with Gasteiger partial charge < -0.3 is 14.6 Å². The second-order valence-corrected chi connectivity index (χ2v) is 6.50. The van der Waals surface area contributed by atoms with Crippen LogP contribution in [-0.4, -0.2) is 21.5 Å². The third kappa shape index (κ3) is 3.72. The Morgan fingerprint density at radius 2 is 1.96 bits per heavy atom. The lowest BCUT2D eigenvalue weighted by atomic mass is 10.2. The molecule has 0 aromatic heterocycles. The molecule has 0 amide bonds. The van der Waals surface area contributed by atoms with Gasteiger partial charge in [0.15, 0.2) is 0 Å². The Morgan fingerprint density at radius 1 is 1.26 bits per heavy atom. The number of carbonyl (C=O) groups excluding carboxylic acids is 1. The van der Waals surface area contributed by atoms with Gasteiger partial charge in [0.1, 0.15) is 11.6 Å². The number of carbonyl (C=O) groups is 1. The summed E-state index contributed by atoms with van der Waals surface area (Å²) in [6.45, 7) is 0. The van der Waals surface area contributed by atoms with Gasteiger partial charge in [-0.15, -0.1) is 0 Å². The molecule has 2 aromatic rings. The Balaban J connectivity index is 2.46. The van der Waals surface area contributed by atoms with Crippen molar-refractivity contribution in [2.75, 3.05) is 11.8 Å². The minimum Gasteiger partial charge on any atom is -0.545 e. The first-order chi connectivity index (χ1) is 10.7. The summed E-state index contributed by atoms with van der Waals surface area (Å²) >= 11 is 5.81. The number of halogens is 2. The summed E-state index contributed by atoms with van der Waals surface area (Å²) < 4.78 is 45.2. The number of hydrogen-bond donors (Lipinski definition) is 1. The SMILES string of the molecule is COc1ccc(Cl)cc1NS(=O)(=O)c1ccc(F)c(C(=O)[O-])c1. The average molecular weight is 359 g/mol. The van der Waals surface area contributed by atoms with Crippen LogP contribution in [0.4, 0.5) is 10.1 Å². The molecule has 0 aliphatic heterocycles. The Kier molecular flexibility index (Phi) is 4.76. The predicted molar refractivity (Wildman–Crippen MR) is 79.5 cm³/mol. The van der Waals surface area contributed by atoms with Gasteiger partial charge in [-0.05, 0) is 36.4 Å². The van der Waals surface area contributed by atoms with E-state index in [4.69, 9.17) is 16.3 Å². The van der Waals surface area contributed by atoms with Crippen LogP contribution in [0.5, 0.6) is 5.75 Å². The molecule has 0 saturated heterocycles. The standard InChI is InChI=1S/C14H11ClFNO5S/c1-22-13-5-2-8(15)6-12(13)17-23(20,21)9-3-4-11(16)10(7-9)14(18)19/h2-7,17H,1H3,(H,18,19)/p-1. The van der Waals surface area contributed by atoms with E-state index in [9.17, 15) is 22.7 Å². The molecule has 0 saturated carbocycles. The van der Waals surface area contributed by atoms with Crippen molar-refractivity contribution < 1.29 is 27.4 Å². The van der Waals surface area contributed by atoms with Crippen LogP contribution in [0.2, 0.25) is 5.02 Å². The summed E-state index contributed by atoms with van der Waals surface area (Å²) in [6, 6.07) is 6.61. The maximum absolute atomic E-state index is 13.3. The van der Waals surface area contributed by atoms with E-state index in [1.165, 1.54) is 25.3 Å². The van der Waals surface area contributed by atoms with E-state index >= 15 is 0 Å². The molecule has 0 aliphatic carbocycles. The van der Waals surface area contributed by atoms with Crippen LogP contribution in [0.25, 0.3) is 0 Å². The lowest BCUT2D eigenvalue weighted by Crippen LogP contribution is -2.24. The number of ether oxygens (including phenoxy) is 1. The van der Waals surface area contributed by atoms with Crippen molar-refractivity contribution in [1.29, 1.82) is 0 Å². The minimum atomic E-state index is -4.18. The second-order valence-electron chi connectivity index (χ2n) is 4.38. The van der Waals surface area contributed by atoms with Crippen molar-refractivity contribution in [3.8, 4) is 5.75 Å². The molecule has 0 fully saturated rings. The highest BCUT2D eigenvalue weighted by atomic mass is 35.5. The zero-order chi connectivity index (χ0) is 17.2. The summed E-state index contributed by atoms with van der Waals surface area (Å²) in [7, 11) is -2.84. The number of sulfonamides is 1. The number of anilines is 1. The average Bonchev–Trinajstić information content (AvgIpc) is 2.47. The molecule has 0 atom stereocenters. The number of aromatic carboxylic acids is 1. The number of methoxy groups -OCH3 is 1. The van der Waals surface area contributed by atoms with E-state index in [1.54, 1.807) is 0 Å². The van der Waals surface area contributed by atoms with Gasteiger partial charge in [-0.1, -0.05) is 11.6 Å². The first-order valence-electron chi connectivity index (χ1n) is 6.12. The third-order valence-electron chi connectivity index (χ3n) is 2.87. The number of nitrogens with one attached hydrogen (secondary N) is 1. The molecule has 2 aromatic carbocycles. The first-order valence-corrected chi connectivity index (χ1v) is 7.98. The fourth-order valence-corrected chi connectivity index (χ4v) is 3.05. The molecule has 9 heteroatoms. The molecule has 1 N–H and O–H groups in total. The van der Waals surface area contributed by atoms with E-state index in [0.29, 0.717) is 6.07 Å². The van der Waals surface area contributed by atoms with Crippen molar-refractivity contribution >= 4 is 33.3 Å². The smallest absolute Gasteiger partial charge is 0.262 e. The number of hydrogen-bond acceptors (Lipinski definition) is 5. The van der Waals surface area contributed by atoms with E-state index in [1.807, 2.05) is 0 Å². The quantitative estimate of drug-likeness (QED) is 0.876. The maximum Gasteiger partial charge on any atom is 0.262 e. The molecule has 2 rings (SSSR count). The lowest BCUT2D eigenvalue weighted by molar-refractivity contribution is -0.255. The fraction of sp³-hybridized carbons (Fsp3) is 0.0714. The van der Waals surface area contributed by atoms with Crippen molar-refractivity contribution in [3.05, 3.63) is 52.8 Å². The van der Waals surface area contributed by atoms with E-state index in [0.717, 1.165) is 12.1 Å². The zero-order valence-corrected chi connectivity index (χ0v) is 13.2. The monoisotopic (exact) mass is 358 g/mol. The van der Waals surface area contributed by atoms with Gasteiger partial charge in [0.2, 0.25) is 0 Å². The Hall–Kier alpha value is -2.32. The fourth-order valence-electron chi connectivity index (χ4n) is 1.79. The van der Waals surface area contributed by atoms with Gasteiger partial charge in [0, 0.05) is 10.6 Å². The van der Waals surface area contributed by atoms with Crippen molar-refractivity contribution in [2.24, 2.45) is 0 Å². The topological polar surface area (TPSA) is 95.5 Å². The molecular weight excluding hydrogens is 349 g/mol. The van der Waals surface area contributed by atoms with Crippen LogP contribution in [-0.2, 0) is 10.0 Å². The first kappa shape index (κ1) is 17.0. The minimum absolute atomic E-state index is 0.0549. The molecule has 0 unspecified atom stereocenters. The summed E-state index contributed by atoms with van der Waals surface area (Å²) in [6.07, 6.45) is 0. The Morgan fingerprint density at radius 3 is 2.57 bits per heavy atom. The van der Waals surface area contributed by atoms with Crippen molar-refractivity contribution in [2.45, 2.75) is 4.90 Å². The van der Waals surface area contributed by atoms with Crippen LogP contribution in [0.15, 0.2) is 41.3 Å². The number of carboxylic acids is 1. The van der Waals surface area contributed by atoms with E-state index in [-0.39, 0.29) is 16.5 Å². The summed E-state index contributed by atoms with van der Waals surface area (Å²) in [4.78, 5) is 10.4. The van der Waals surface area contributed by atoms with E-state index < -0.39 is 32.3 Å². The molecule has 122 valence electrons. The normalized spacial score (nSPS) is 11.1. The van der Waals surface area contributed by atoms with E-state index in [2.05, 4.69) is 4.72 Å². The maximum atomic E-state index is 13.3. The summed E-state index contributed by atoms with van der Waals surface area (Å²) in [5.41, 5.74) is -0.801. The van der Waals surface area contributed by atoms with Gasteiger partial charge >= 0.3 is 0 Å². The summed E-state index contributed by atoms with van der Waals surface area (Å²) in [5, 5.41) is 11.1. The molecule has 0 aliphatic rings. The van der Waals surface area contributed by atoms with Gasteiger partial charge in [-0.3, -0.25) is 4.72 Å². The third-order valence-corrected chi connectivity index (χ3v) is 4.47. The molecule has 0 spiro atoms. The molecule has 0 heterocycles. The number of carboxylic acid groups (broad SMARTS) is 1. The zero-order valence-electron chi connectivity index (χ0n) is 11.7. The van der Waals surface area contributed by atoms with Crippen LogP contribution in [0, 0.1) is 5.82 Å². The van der Waals surface area contributed by atoms with Crippen LogP contribution in [0.1, 0.15) is 10.4 Å². The van der Waals surface area contributed by atoms with Gasteiger partial charge in [-0.2, -0.15) is 0 Å². The lowest BCUT2D eigenvalue weighted by Gasteiger charge is -2.13. The predicted octanol–water partition coefficient (Wildman–Crippen LogP) is 1.65. The van der Waals surface area contributed by atoms with Crippen molar-refractivity contribution in [1.82, 2.24) is 0 Å². The van der Waals surface area contributed by atoms with Crippen LogP contribution >= 0.6 is 11.6 Å². The van der Waals surface area contributed by atoms with Gasteiger partial charge in [-0.25, -0.2) is 12.8 Å². The van der Waals surface area contributed by atoms with Crippen LogP contribution < -0.4 is 14.6 Å². The number of benzene rings is 2. The summed E-state index contributed by atoms with van der Waals surface area (Å²) in [5.74, 6) is -2.70. The molecule has 6 nitrogen and oxygen atoms in total. The van der Waals surface area contributed by atoms with Gasteiger partial charge in [0.05, 0.1) is 23.7 Å². The van der Waals surface area contributed by atoms with Crippen molar-refractivity contribution in [3.63, 3.8) is 0 Å². The Bertz CT molecular complexity index is 869. The molecule has 0 bridgehead atoms. The second kappa shape index (κ2) is 6.43.